The van der Waals surface area contributed by atoms with Crippen molar-refractivity contribution in [1.82, 2.24) is 9.78 Å². The highest BCUT2D eigenvalue weighted by Crippen LogP contribution is 2.28. The van der Waals surface area contributed by atoms with Crippen LogP contribution in [0.1, 0.15) is 16.1 Å². The van der Waals surface area contributed by atoms with Crippen LogP contribution in [-0.4, -0.2) is 16.1 Å². The van der Waals surface area contributed by atoms with Gasteiger partial charge in [0.1, 0.15) is 0 Å². The Balaban J connectivity index is 2.47. The lowest BCUT2D eigenvalue weighted by molar-refractivity contribution is -0.141. The zero-order valence-corrected chi connectivity index (χ0v) is 8.48. The SMILES string of the molecule is O=Cc1ccccc1-n1ccc(C(F)(F)F)n1. The Labute approximate surface area is 94.5 Å². The summed E-state index contributed by atoms with van der Waals surface area (Å²) in [5.41, 5.74) is -0.388. The smallest absolute Gasteiger partial charge is 0.298 e. The Morgan fingerprint density at radius 1 is 1.18 bits per heavy atom. The molecule has 1 aromatic carbocycles. The Morgan fingerprint density at radius 2 is 1.88 bits per heavy atom. The topological polar surface area (TPSA) is 34.9 Å². The summed E-state index contributed by atoms with van der Waals surface area (Å²) in [5.74, 6) is 0. The number of hydrogen-bond donors (Lipinski definition) is 0. The van der Waals surface area contributed by atoms with Gasteiger partial charge in [0.2, 0.25) is 0 Å². The van der Waals surface area contributed by atoms with Gasteiger partial charge in [-0.15, -0.1) is 0 Å². The maximum Gasteiger partial charge on any atom is 0.435 e. The van der Waals surface area contributed by atoms with Crippen molar-refractivity contribution < 1.29 is 18.0 Å². The van der Waals surface area contributed by atoms with Gasteiger partial charge in [-0.2, -0.15) is 18.3 Å². The minimum absolute atomic E-state index is 0.282. The molecule has 0 aliphatic rings. The van der Waals surface area contributed by atoms with Crippen molar-refractivity contribution in [3.8, 4) is 5.69 Å². The third kappa shape index (κ3) is 2.20. The minimum Gasteiger partial charge on any atom is -0.298 e. The lowest BCUT2D eigenvalue weighted by atomic mass is 10.2. The van der Waals surface area contributed by atoms with E-state index in [1.165, 1.54) is 18.3 Å². The summed E-state index contributed by atoms with van der Waals surface area (Å²) >= 11 is 0. The average Bonchev–Trinajstić information content (AvgIpc) is 2.77. The fourth-order valence-corrected chi connectivity index (χ4v) is 1.41. The van der Waals surface area contributed by atoms with Gasteiger partial charge < -0.3 is 0 Å². The second-order valence-electron chi connectivity index (χ2n) is 3.32. The molecule has 0 aliphatic heterocycles. The second-order valence-corrected chi connectivity index (χ2v) is 3.32. The van der Waals surface area contributed by atoms with Gasteiger partial charge in [-0.1, -0.05) is 12.1 Å². The maximum atomic E-state index is 12.4. The van der Waals surface area contributed by atoms with Crippen molar-refractivity contribution in [2.45, 2.75) is 6.18 Å². The molecule has 2 rings (SSSR count). The summed E-state index contributed by atoms with van der Waals surface area (Å²) in [6.45, 7) is 0. The van der Waals surface area contributed by atoms with Gasteiger partial charge >= 0.3 is 6.18 Å². The van der Waals surface area contributed by atoms with E-state index in [9.17, 15) is 18.0 Å². The van der Waals surface area contributed by atoms with E-state index in [1.54, 1.807) is 12.1 Å². The molecule has 2 aromatic rings. The number of aldehydes is 1. The first kappa shape index (κ1) is 11.4. The quantitative estimate of drug-likeness (QED) is 0.756. The molecule has 0 amide bonds. The first-order chi connectivity index (χ1) is 8.02. The number of para-hydroxylation sites is 1. The number of halogens is 3. The number of carbonyl (C=O) groups is 1. The Morgan fingerprint density at radius 3 is 2.47 bits per heavy atom. The Kier molecular flexibility index (Phi) is 2.71. The molecule has 0 atom stereocenters. The molecule has 0 saturated heterocycles. The van der Waals surface area contributed by atoms with Crippen molar-refractivity contribution in [1.29, 1.82) is 0 Å². The molecule has 0 spiro atoms. The zero-order chi connectivity index (χ0) is 12.5. The standard InChI is InChI=1S/C11H7F3N2O/c12-11(13,14)10-5-6-16(15-10)9-4-2-1-3-8(9)7-17/h1-7H. The minimum atomic E-state index is -4.48. The predicted octanol–water partition coefficient (Wildman–Crippen LogP) is 2.70. The monoisotopic (exact) mass is 240 g/mol. The van der Waals surface area contributed by atoms with Gasteiger partial charge in [0.15, 0.2) is 12.0 Å². The summed E-state index contributed by atoms with van der Waals surface area (Å²) in [4.78, 5) is 10.7. The first-order valence-electron chi connectivity index (χ1n) is 4.70. The molecule has 0 radical (unpaired) electrons. The fourth-order valence-electron chi connectivity index (χ4n) is 1.41. The molecular weight excluding hydrogens is 233 g/mol. The van der Waals surface area contributed by atoms with Crippen LogP contribution in [0.15, 0.2) is 36.5 Å². The number of alkyl halides is 3. The molecule has 17 heavy (non-hydrogen) atoms. The highest BCUT2D eigenvalue weighted by Gasteiger charge is 2.33. The van der Waals surface area contributed by atoms with E-state index < -0.39 is 11.9 Å². The van der Waals surface area contributed by atoms with Crippen LogP contribution in [0.4, 0.5) is 13.2 Å². The van der Waals surface area contributed by atoms with Crippen molar-refractivity contribution in [3.05, 3.63) is 47.8 Å². The number of benzene rings is 1. The summed E-state index contributed by atoms with van der Waals surface area (Å²) in [5, 5.41) is 3.39. The van der Waals surface area contributed by atoms with Gasteiger partial charge in [0.25, 0.3) is 0 Å². The van der Waals surface area contributed by atoms with Crippen LogP contribution < -0.4 is 0 Å². The molecule has 0 fully saturated rings. The van der Waals surface area contributed by atoms with Crippen molar-refractivity contribution in [2.75, 3.05) is 0 Å². The van der Waals surface area contributed by atoms with Crippen LogP contribution in [0.2, 0.25) is 0 Å². The Hall–Kier alpha value is -2.11. The molecular formula is C11H7F3N2O. The summed E-state index contributed by atoms with van der Waals surface area (Å²) in [6, 6.07) is 7.15. The van der Waals surface area contributed by atoms with E-state index in [2.05, 4.69) is 5.10 Å². The van der Waals surface area contributed by atoms with Crippen molar-refractivity contribution in [2.24, 2.45) is 0 Å². The summed E-state index contributed by atoms with van der Waals surface area (Å²) in [7, 11) is 0. The third-order valence-corrected chi connectivity index (χ3v) is 2.19. The molecule has 0 N–H and O–H groups in total. The molecule has 88 valence electrons. The fraction of sp³-hybridized carbons (Fsp3) is 0.0909. The van der Waals surface area contributed by atoms with Crippen LogP contribution in [0.3, 0.4) is 0 Å². The maximum absolute atomic E-state index is 12.4. The lowest BCUT2D eigenvalue weighted by Crippen LogP contribution is -2.08. The van der Waals surface area contributed by atoms with E-state index in [4.69, 9.17) is 0 Å². The molecule has 6 heteroatoms. The van der Waals surface area contributed by atoms with E-state index >= 15 is 0 Å². The predicted molar refractivity (Wildman–Crippen MR) is 54.0 cm³/mol. The highest BCUT2D eigenvalue weighted by molar-refractivity contribution is 5.80. The van der Waals surface area contributed by atoms with Crippen LogP contribution in [-0.2, 0) is 6.18 Å². The van der Waals surface area contributed by atoms with Gasteiger partial charge in [0, 0.05) is 11.8 Å². The first-order valence-corrected chi connectivity index (χ1v) is 4.70. The molecule has 0 bridgehead atoms. The van der Waals surface area contributed by atoms with E-state index in [0.29, 0.717) is 12.0 Å². The summed E-state index contributed by atoms with van der Waals surface area (Å²) in [6.07, 6.45) is -2.74. The number of hydrogen-bond acceptors (Lipinski definition) is 2. The van der Waals surface area contributed by atoms with Crippen LogP contribution in [0, 0.1) is 0 Å². The largest absolute Gasteiger partial charge is 0.435 e. The molecule has 0 unspecified atom stereocenters. The summed E-state index contributed by atoms with van der Waals surface area (Å²) < 4.78 is 38.1. The van der Waals surface area contributed by atoms with Gasteiger partial charge in [-0.25, -0.2) is 4.68 Å². The molecule has 3 nitrogen and oxygen atoms in total. The van der Waals surface area contributed by atoms with Crippen molar-refractivity contribution >= 4 is 6.29 Å². The number of nitrogens with zero attached hydrogens (tertiary/aromatic N) is 2. The zero-order valence-electron chi connectivity index (χ0n) is 8.48. The van der Waals surface area contributed by atoms with E-state index in [0.717, 1.165) is 10.7 Å². The number of carbonyl (C=O) groups excluding carboxylic acids is 1. The molecule has 1 heterocycles. The third-order valence-electron chi connectivity index (χ3n) is 2.19. The molecule has 0 saturated carbocycles. The van der Waals surface area contributed by atoms with Gasteiger partial charge in [-0.05, 0) is 18.2 Å². The normalized spacial score (nSPS) is 11.5. The van der Waals surface area contributed by atoms with Crippen LogP contribution in [0.5, 0.6) is 0 Å². The van der Waals surface area contributed by atoms with E-state index in [-0.39, 0.29) is 5.56 Å². The number of aromatic nitrogens is 2. The highest BCUT2D eigenvalue weighted by atomic mass is 19.4. The Bertz CT molecular complexity index is 546. The van der Waals surface area contributed by atoms with Crippen LogP contribution in [0.25, 0.3) is 5.69 Å². The van der Waals surface area contributed by atoms with E-state index in [1.807, 2.05) is 0 Å². The van der Waals surface area contributed by atoms with Crippen LogP contribution >= 0.6 is 0 Å². The average molecular weight is 240 g/mol. The van der Waals surface area contributed by atoms with Gasteiger partial charge in [-0.3, -0.25) is 4.79 Å². The lowest BCUT2D eigenvalue weighted by Gasteiger charge is -2.04. The second kappa shape index (κ2) is 4.04. The van der Waals surface area contributed by atoms with Gasteiger partial charge in [0.05, 0.1) is 5.69 Å². The molecule has 1 aromatic heterocycles. The molecule has 0 aliphatic carbocycles. The number of rotatable bonds is 2. The van der Waals surface area contributed by atoms with Crippen molar-refractivity contribution in [3.63, 3.8) is 0 Å².